The fourth-order valence-corrected chi connectivity index (χ4v) is 1.96. The fraction of sp³-hybridized carbons (Fsp3) is 0.474. The zero-order valence-electron chi connectivity index (χ0n) is 16.6. The zero-order chi connectivity index (χ0) is 21.5. The summed E-state index contributed by atoms with van der Waals surface area (Å²) in [6, 6.07) is 5.78. The predicted octanol–water partition coefficient (Wildman–Crippen LogP) is 0.611. The lowest BCUT2D eigenvalue weighted by Gasteiger charge is -2.08. The molecule has 10 heteroatoms. The van der Waals surface area contributed by atoms with Gasteiger partial charge in [0.15, 0.2) is 6.61 Å². The monoisotopic (exact) mass is 409 g/mol. The third kappa shape index (κ3) is 10.7. The van der Waals surface area contributed by atoms with E-state index in [1.54, 1.807) is 24.3 Å². The molecule has 4 amide bonds. The summed E-state index contributed by atoms with van der Waals surface area (Å²) in [6.07, 6.45) is 1.97. The molecule has 0 unspecified atom stereocenters. The van der Waals surface area contributed by atoms with Gasteiger partial charge in [-0.3, -0.25) is 19.7 Å². The fourth-order valence-electron chi connectivity index (χ4n) is 1.96. The van der Waals surface area contributed by atoms with Gasteiger partial charge >= 0.3 is 12.0 Å². The molecule has 1 aromatic carbocycles. The lowest BCUT2D eigenvalue weighted by molar-refractivity contribution is -0.147. The van der Waals surface area contributed by atoms with Crippen LogP contribution >= 0.6 is 0 Å². The first-order valence-electron chi connectivity index (χ1n) is 9.19. The van der Waals surface area contributed by atoms with Crippen molar-refractivity contribution in [3.05, 3.63) is 29.8 Å². The minimum Gasteiger partial charge on any atom is -0.494 e. The van der Waals surface area contributed by atoms with Crippen LogP contribution in [-0.2, 0) is 19.1 Å². The Kier molecular flexibility index (Phi) is 11.5. The minimum absolute atomic E-state index is 0.229. The summed E-state index contributed by atoms with van der Waals surface area (Å²) in [5, 5.41) is 6.75. The number of methoxy groups -OCH3 is 1. The highest BCUT2D eigenvalue weighted by molar-refractivity contribution is 5.97. The second-order valence-electron chi connectivity index (χ2n) is 5.87. The average Bonchev–Trinajstić information content (AvgIpc) is 2.71. The molecule has 0 fully saturated rings. The van der Waals surface area contributed by atoms with E-state index in [2.05, 4.69) is 17.6 Å². The molecular formula is C19H27N3O7. The second-order valence-corrected chi connectivity index (χ2v) is 5.87. The maximum atomic E-state index is 12.0. The number of carbonyl (C=O) groups excluding carboxylic acids is 4. The quantitative estimate of drug-likeness (QED) is 0.340. The van der Waals surface area contributed by atoms with Crippen LogP contribution in [0.3, 0.4) is 0 Å². The Morgan fingerprint density at radius 2 is 1.72 bits per heavy atom. The van der Waals surface area contributed by atoms with Gasteiger partial charge in [0, 0.05) is 19.2 Å². The molecule has 0 heterocycles. The Morgan fingerprint density at radius 3 is 2.38 bits per heavy atom. The molecular weight excluding hydrogens is 382 g/mol. The molecule has 0 aliphatic rings. The van der Waals surface area contributed by atoms with Crippen molar-refractivity contribution in [1.82, 2.24) is 16.0 Å². The smallest absolute Gasteiger partial charge is 0.325 e. The number of benzene rings is 1. The van der Waals surface area contributed by atoms with E-state index in [1.807, 2.05) is 5.32 Å². The molecule has 29 heavy (non-hydrogen) atoms. The molecule has 0 atom stereocenters. The van der Waals surface area contributed by atoms with E-state index in [0.29, 0.717) is 24.5 Å². The first-order valence-corrected chi connectivity index (χ1v) is 9.19. The van der Waals surface area contributed by atoms with Crippen molar-refractivity contribution in [3.8, 4) is 5.75 Å². The molecule has 3 N–H and O–H groups in total. The number of ether oxygens (including phenoxy) is 3. The lowest BCUT2D eigenvalue weighted by Crippen LogP contribution is -2.42. The summed E-state index contributed by atoms with van der Waals surface area (Å²) < 4.78 is 15.0. The zero-order valence-corrected chi connectivity index (χ0v) is 16.6. The number of carbonyl (C=O) groups is 4. The molecule has 0 spiro atoms. The van der Waals surface area contributed by atoms with Crippen LogP contribution in [0.1, 0.15) is 30.1 Å². The van der Waals surface area contributed by atoms with Gasteiger partial charge in [-0.25, -0.2) is 4.79 Å². The maximum Gasteiger partial charge on any atom is 0.325 e. The number of amides is 4. The summed E-state index contributed by atoms with van der Waals surface area (Å²) in [5.74, 6) is -1.42. The van der Waals surface area contributed by atoms with Crippen LogP contribution in [0.15, 0.2) is 24.3 Å². The van der Waals surface area contributed by atoms with E-state index in [0.717, 1.165) is 12.8 Å². The summed E-state index contributed by atoms with van der Waals surface area (Å²) in [6.45, 7) is 2.14. The van der Waals surface area contributed by atoms with Crippen molar-refractivity contribution < 1.29 is 33.4 Å². The van der Waals surface area contributed by atoms with Crippen molar-refractivity contribution in [2.45, 2.75) is 19.8 Å². The first-order chi connectivity index (χ1) is 14.0. The Morgan fingerprint density at radius 1 is 1.00 bits per heavy atom. The molecule has 0 aliphatic carbocycles. The van der Waals surface area contributed by atoms with E-state index in [1.165, 1.54) is 7.11 Å². The van der Waals surface area contributed by atoms with Crippen LogP contribution in [0.2, 0.25) is 0 Å². The van der Waals surface area contributed by atoms with E-state index < -0.39 is 37.0 Å². The van der Waals surface area contributed by atoms with Gasteiger partial charge in [0.25, 0.3) is 11.8 Å². The number of rotatable bonds is 12. The van der Waals surface area contributed by atoms with E-state index >= 15 is 0 Å². The molecule has 0 saturated carbocycles. The minimum atomic E-state index is -0.812. The molecule has 1 rings (SSSR count). The number of esters is 1. The van der Waals surface area contributed by atoms with Crippen LogP contribution < -0.4 is 20.7 Å². The SMILES string of the molecule is CCCCOc1ccc(C(=O)NCC(=O)OCC(=O)NC(=O)NCCOC)cc1. The maximum absolute atomic E-state index is 12.0. The van der Waals surface area contributed by atoms with E-state index in [-0.39, 0.29) is 6.54 Å². The summed E-state index contributed by atoms with van der Waals surface area (Å²) >= 11 is 0. The summed E-state index contributed by atoms with van der Waals surface area (Å²) in [4.78, 5) is 46.5. The highest BCUT2D eigenvalue weighted by Crippen LogP contribution is 2.12. The lowest BCUT2D eigenvalue weighted by atomic mass is 10.2. The normalized spacial score (nSPS) is 10.0. The van der Waals surface area contributed by atoms with Gasteiger partial charge in [-0.1, -0.05) is 13.3 Å². The highest BCUT2D eigenvalue weighted by atomic mass is 16.5. The van der Waals surface area contributed by atoms with Crippen molar-refractivity contribution in [3.63, 3.8) is 0 Å². The topological polar surface area (TPSA) is 132 Å². The average molecular weight is 409 g/mol. The van der Waals surface area contributed by atoms with Gasteiger partial charge in [-0.05, 0) is 30.7 Å². The number of hydrogen-bond donors (Lipinski definition) is 3. The Hall–Kier alpha value is -3.14. The van der Waals surface area contributed by atoms with Gasteiger partial charge in [0.2, 0.25) is 0 Å². The molecule has 0 aromatic heterocycles. The van der Waals surface area contributed by atoms with E-state index in [4.69, 9.17) is 14.2 Å². The van der Waals surface area contributed by atoms with Gasteiger partial charge in [0.1, 0.15) is 12.3 Å². The number of imide groups is 1. The third-order valence-corrected chi connectivity index (χ3v) is 3.49. The predicted molar refractivity (Wildman–Crippen MR) is 104 cm³/mol. The molecule has 0 saturated heterocycles. The number of hydrogen-bond acceptors (Lipinski definition) is 7. The van der Waals surface area contributed by atoms with Gasteiger partial charge in [-0.2, -0.15) is 0 Å². The molecule has 0 radical (unpaired) electrons. The Bertz CT molecular complexity index is 677. The van der Waals surface area contributed by atoms with Crippen LogP contribution in [0.4, 0.5) is 4.79 Å². The third-order valence-electron chi connectivity index (χ3n) is 3.49. The van der Waals surface area contributed by atoms with Gasteiger partial charge in [-0.15, -0.1) is 0 Å². The van der Waals surface area contributed by atoms with Crippen LogP contribution in [0.5, 0.6) is 5.75 Å². The van der Waals surface area contributed by atoms with Gasteiger partial charge < -0.3 is 24.8 Å². The van der Waals surface area contributed by atoms with Crippen molar-refractivity contribution in [2.75, 3.05) is 40.0 Å². The van der Waals surface area contributed by atoms with E-state index in [9.17, 15) is 19.2 Å². The number of urea groups is 1. The van der Waals surface area contributed by atoms with Crippen LogP contribution in [-0.4, -0.2) is 63.8 Å². The molecule has 1 aromatic rings. The Labute approximate surface area is 169 Å². The molecule has 0 aliphatic heterocycles. The Balaban J connectivity index is 2.27. The standard InChI is InChI=1S/C19H27N3O7/c1-3-4-10-28-15-7-5-14(6-8-15)18(25)21-12-17(24)29-13-16(23)22-19(26)20-9-11-27-2/h5-8H,3-4,9-13H2,1-2H3,(H,21,25)(H2,20,22,23,26). The number of unbranched alkanes of at least 4 members (excludes halogenated alkanes) is 1. The highest BCUT2D eigenvalue weighted by Gasteiger charge is 2.12. The molecule has 160 valence electrons. The summed E-state index contributed by atoms with van der Waals surface area (Å²) in [7, 11) is 1.47. The van der Waals surface area contributed by atoms with Crippen molar-refractivity contribution >= 4 is 23.8 Å². The molecule has 10 nitrogen and oxygen atoms in total. The first kappa shape index (κ1) is 23.9. The van der Waals surface area contributed by atoms with Gasteiger partial charge in [0.05, 0.1) is 13.2 Å². The van der Waals surface area contributed by atoms with Crippen molar-refractivity contribution in [2.24, 2.45) is 0 Å². The van der Waals surface area contributed by atoms with Crippen LogP contribution in [0, 0.1) is 0 Å². The second kappa shape index (κ2) is 13.9. The number of nitrogens with one attached hydrogen (secondary N) is 3. The summed E-state index contributed by atoms with van der Waals surface area (Å²) in [5.41, 5.74) is 0.353. The van der Waals surface area contributed by atoms with Crippen LogP contribution in [0.25, 0.3) is 0 Å². The largest absolute Gasteiger partial charge is 0.494 e. The van der Waals surface area contributed by atoms with Crippen molar-refractivity contribution in [1.29, 1.82) is 0 Å². The molecule has 0 bridgehead atoms.